The van der Waals surface area contributed by atoms with E-state index < -0.39 is 10.0 Å². The van der Waals surface area contributed by atoms with Gasteiger partial charge in [-0.05, 0) is 73.8 Å². The van der Waals surface area contributed by atoms with E-state index in [0.29, 0.717) is 34.6 Å². The van der Waals surface area contributed by atoms with Crippen molar-refractivity contribution < 1.29 is 13.2 Å². The van der Waals surface area contributed by atoms with Gasteiger partial charge in [0.2, 0.25) is 10.0 Å². The van der Waals surface area contributed by atoms with Gasteiger partial charge in [0.25, 0.3) is 5.91 Å². The van der Waals surface area contributed by atoms with Crippen LogP contribution in [0.3, 0.4) is 0 Å². The largest absolute Gasteiger partial charge is 0.354 e. The topological polar surface area (TPSA) is 90.5 Å². The average molecular weight is 547 g/mol. The molecule has 3 aromatic rings. The summed E-state index contributed by atoms with van der Waals surface area (Å²) in [5.74, 6) is -0.206. The van der Waals surface area contributed by atoms with Crippen LogP contribution in [0, 0.1) is 0 Å². The third-order valence-electron chi connectivity index (χ3n) is 6.53. The number of nitrogens with zero attached hydrogens (tertiary/aromatic N) is 1. The number of benzene rings is 3. The van der Waals surface area contributed by atoms with Crippen LogP contribution in [0.2, 0.25) is 0 Å². The number of sulfonamides is 1. The van der Waals surface area contributed by atoms with E-state index in [9.17, 15) is 13.2 Å². The summed E-state index contributed by atoms with van der Waals surface area (Å²) in [6.45, 7) is 9.28. The average Bonchev–Trinajstić information content (AvgIpc) is 3.23. The molecular formula is C31H38N4O3S. The number of carbonyl (C=O) groups excluding carboxylic acids is 1. The summed E-state index contributed by atoms with van der Waals surface area (Å²) in [6, 6.07) is 23.2. The van der Waals surface area contributed by atoms with Gasteiger partial charge in [-0.3, -0.25) is 14.4 Å². The van der Waals surface area contributed by atoms with Gasteiger partial charge in [0.1, 0.15) is 0 Å². The third-order valence-corrected chi connectivity index (χ3v) is 8.02. The standard InChI is InChI=1S/C31H38N4O3S/c1-4-18-35(19-5-2)22-23-12-14-25(15-13-23)32-30(24-10-8-7-9-11-24)29-27-21-26(34-39(37,38)20-6-3)16-17-28(27)33-31(29)36/h7-17,21,32,34H,4-6,18-20,22H2,1-3H3,(H,33,36)/b30-29-. The van der Waals surface area contributed by atoms with Crippen LogP contribution in [-0.2, 0) is 21.4 Å². The zero-order valence-corrected chi connectivity index (χ0v) is 23.8. The summed E-state index contributed by atoms with van der Waals surface area (Å²) in [7, 11) is -3.47. The number of hydrogen-bond acceptors (Lipinski definition) is 5. The number of nitrogens with one attached hydrogen (secondary N) is 3. The monoisotopic (exact) mass is 546 g/mol. The minimum atomic E-state index is -3.47. The molecule has 0 spiro atoms. The first-order valence-electron chi connectivity index (χ1n) is 13.7. The maximum atomic E-state index is 13.3. The molecule has 0 unspecified atom stereocenters. The summed E-state index contributed by atoms with van der Waals surface area (Å²) in [6.07, 6.45) is 2.76. The van der Waals surface area contributed by atoms with Crippen molar-refractivity contribution in [3.8, 4) is 0 Å². The fourth-order valence-corrected chi connectivity index (χ4v) is 5.99. The number of carbonyl (C=O) groups is 1. The molecule has 0 aromatic heterocycles. The van der Waals surface area contributed by atoms with Crippen molar-refractivity contribution in [1.82, 2.24) is 4.90 Å². The van der Waals surface area contributed by atoms with Gasteiger partial charge in [0.15, 0.2) is 0 Å². The van der Waals surface area contributed by atoms with Crippen molar-refractivity contribution in [2.45, 2.75) is 46.6 Å². The molecule has 3 aromatic carbocycles. The number of rotatable bonds is 13. The highest BCUT2D eigenvalue weighted by atomic mass is 32.2. The minimum absolute atomic E-state index is 0.0332. The number of anilines is 3. The molecule has 4 rings (SSSR count). The Kier molecular flexibility index (Phi) is 9.43. The molecule has 1 aliphatic rings. The summed E-state index contributed by atoms with van der Waals surface area (Å²) >= 11 is 0. The Balaban J connectivity index is 1.69. The second-order valence-corrected chi connectivity index (χ2v) is 11.7. The van der Waals surface area contributed by atoms with Crippen LogP contribution in [0.25, 0.3) is 11.3 Å². The second-order valence-electron chi connectivity index (χ2n) is 9.85. The van der Waals surface area contributed by atoms with Crippen molar-refractivity contribution in [3.63, 3.8) is 0 Å². The van der Waals surface area contributed by atoms with Crippen LogP contribution in [0.15, 0.2) is 72.8 Å². The Bertz CT molecular complexity index is 1410. The molecule has 3 N–H and O–H groups in total. The molecule has 0 atom stereocenters. The van der Waals surface area contributed by atoms with Crippen molar-refractivity contribution in [1.29, 1.82) is 0 Å². The van der Waals surface area contributed by atoms with Crippen LogP contribution in [0.1, 0.15) is 56.7 Å². The molecular weight excluding hydrogens is 508 g/mol. The Morgan fingerprint density at radius 2 is 1.51 bits per heavy atom. The van der Waals surface area contributed by atoms with E-state index in [2.05, 4.69) is 46.2 Å². The summed E-state index contributed by atoms with van der Waals surface area (Å²) < 4.78 is 27.4. The lowest BCUT2D eigenvalue weighted by Gasteiger charge is -2.21. The first-order chi connectivity index (χ1) is 18.8. The fraction of sp³-hybridized carbons (Fsp3) is 0.323. The molecule has 0 aliphatic carbocycles. The van der Waals surface area contributed by atoms with Crippen molar-refractivity contribution in [2.24, 2.45) is 0 Å². The molecule has 7 nitrogen and oxygen atoms in total. The lowest BCUT2D eigenvalue weighted by atomic mass is 9.99. The molecule has 206 valence electrons. The molecule has 39 heavy (non-hydrogen) atoms. The Hall–Kier alpha value is -3.62. The van der Waals surface area contributed by atoms with Gasteiger partial charge < -0.3 is 10.6 Å². The first kappa shape index (κ1) is 28.4. The maximum absolute atomic E-state index is 13.3. The van der Waals surface area contributed by atoms with Gasteiger partial charge in [-0.25, -0.2) is 8.42 Å². The van der Waals surface area contributed by atoms with Crippen LogP contribution < -0.4 is 15.4 Å². The van der Waals surface area contributed by atoms with Gasteiger partial charge in [0, 0.05) is 29.2 Å². The van der Waals surface area contributed by atoms with E-state index in [0.717, 1.165) is 43.7 Å². The molecule has 0 fully saturated rings. The van der Waals surface area contributed by atoms with Crippen LogP contribution in [0.4, 0.5) is 17.1 Å². The Labute approximate surface area is 232 Å². The first-order valence-corrected chi connectivity index (χ1v) is 15.3. The van der Waals surface area contributed by atoms with E-state index >= 15 is 0 Å². The van der Waals surface area contributed by atoms with Gasteiger partial charge >= 0.3 is 0 Å². The zero-order chi connectivity index (χ0) is 27.8. The second kappa shape index (κ2) is 13.0. The highest BCUT2D eigenvalue weighted by molar-refractivity contribution is 7.92. The summed E-state index contributed by atoms with van der Waals surface area (Å²) in [4.78, 5) is 15.7. The van der Waals surface area contributed by atoms with Gasteiger partial charge in [0.05, 0.1) is 17.0 Å². The quantitative estimate of drug-likeness (QED) is 0.216. The predicted octanol–water partition coefficient (Wildman–Crippen LogP) is 6.39. The lowest BCUT2D eigenvalue weighted by molar-refractivity contribution is -0.110. The molecule has 1 amide bonds. The van der Waals surface area contributed by atoms with E-state index in [-0.39, 0.29) is 11.7 Å². The SMILES string of the molecule is CCCN(CCC)Cc1ccc(N/C(=C2\C(=O)Nc3ccc(NS(=O)(=O)CCC)cc32)c2ccccc2)cc1. The van der Waals surface area contributed by atoms with Crippen LogP contribution in [-0.4, -0.2) is 38.1 Å². The molecule has 8 heteroatoms. The van der Waals surface area contributed by atoms with Crippen LogP contribution >= 0.6 is 0 Å². The van der Waals surface area contributed by atoms with Crippen molar-refractivity contribution in [3.05, 3.63) is 89.5 Å². The predicted molar refractivity (Wildman–Crippen MR) is 162 cm³/mol. The van der Waals surface area contributed by atoms with E-state index in [1.807, 2.05) is 49.4 Å². The molecule has 1 heterocycles. The van der Waals surface area contributed by atoms with E-state index in [4.69, 9.17) is 0 Å². The Morgan fingerprint density at radius 1 is 0.846 bits per heavy atom. The number of fused-ring (bicyclic) bond motifs is 1. The maximum Gasteiger partial charge on any atom is 0.258 e. The van der Waals surface area contributed by atoms with Crippen molar-refractivity contribution >= 4 is 44.3 Å². The normalized spacial score (nSPS) is 14.2. The smallest absolute Gasteiger partial charge is 0.258 e. The fourth-order valence-electron chi connectivity index (χ4n) is 4.86. The Morgan fingerprint density at radius 3 is 2.15 bits per heavy atom. The number of hydrogen-bond donors (Lipinski definition) is 3. The highest BCUT2D eigenvalue weighted by Gasteiger charge is 2.29. The van der Waals surface area contributed by atoms with Gasteiger partial charge in [-0.1, -0.05) is 63.2 Å². The van der Waals surface area contributed by atoms with Crippen molar-refractivity contribution in [2.75, 3.05) is 34.2 Å². The van der Waals surface area contributed by atoms with Gasteiger partial charge in [-0.2, -0.15) is 0 Å². The molecule has 0 radical (unpaired) electrons. The molecule has 0 bridgehead atoms. The van der Waals surface area contributed by atoms with E-state index in [1.54, 1.807) is 18.2 Å². The summed E-state index contributed by atoms with van der Waals surface area (Å²) in [5, 5.41) is 6.43. The summed E-state index contributed by atoms with van der Waals surface area (Å²) in [5.41, 5.74) is 5.80. The zero-order valence-electron chi connectivity index (χ0n) is 23.0. The van der Waals surface area contributed by atoms with Crippen LogP contribution in [0.5, 0.6) is 0 Å². The third kappa shape index (κ3) is 7.28. The molecule has 0 saturated carbocycles. The highest BCUT2D eigenvalue weighted by Crippen LogP contribution is 2.39. The molecule has 0 saturated heterocycles. The minimum Gasteiger partial charge on any atom is -0.354 e. The molecule has 1 aliphatic heterocycles. The van der Waals surface area contributed by atoms with E-state index in [1.165, 1.54) is 5.56 Å². The number of amides is 1. The lowest BCUT2D eigenvalue weighted by Crippen LogP contribution is -2.24. The van der Waals surface area contributed by atoms with Gasteiger partial charge in [-0.15, -0.1) is 0 Å².